The van der Waals surface area contributed by atoms with Gasteiger partial charge in [-0.15, -0.1) is 20.4 Å². The molecule has 0 spiro atoms. The molecule has 1 unspecified atom stereocenters. The number of aldehydes is 1. The molecule has 0 amide bonds. The highest BCUT2D eigenvalue weighted by Gasteiger charge is 2.12. The summed E-state index contributed by atoms with van der Waals surface area (Å²) in [5, 5.41) is 27.1. The van der Waals surface area contributed by atoms with Crippen molar-refractivity contribution in [1.82, 2.24) is 20.4 Å². The number of aliphatic hydroxyl groups excluding tert-OH is 1. The molecule has 0 aliphatic rings. The second-order valence-corrected chi connectivity index (χ2v) is 7.96. The first-order valence-electron chi connectivity index (χ1n) is 8.82. The predicted molar refractivity (Wildman–Crippen MR) is 111 cm³/mol. The van der Waals surface area contributed by atoms with Gasteiger partial charge in [0.2, 0.25) is 0 Å². The number of halogens is 2. The Hall–Kier alpha value is -2.95. The van der Waals surface area contributed by atoms with Gasteiger partial charge in [-0.05, 0) is 55.0 Å². The molecule has 1 atom stereocenters. The highest BCUT2D eigenvalue weighted by atomic mass is 32.1. The van der Waals surface area contributed by atoms with Crippen molar-refractivity contribution in [3.8, 4) is 21.1 Å². The number of benzene rings is 2. The first kappa shape index (κ1) is 21.8. The van der Waals surface area contributed by atoms with Gasteiger partial charge in [-0.3, -0.25) is 4.79 Å². The third-order valence-electron chi connectivity index (χ3n) is 3.84. The topological polar surface area (TPSA) is 88.9 Å². The zero-order valence-electron chi connectivity index (χ0n) is 15.7. The summed E-state index contributed by atoms with van der Waals surface area (Å²) in [6.45, 7) is 1.88. The van der Waals surface area contributed by atoms with E-state index in [9.17, 15) is 18.7 Å². The molecule has 2 aromatic carbocycles. The number of carbonyl (C=O) groups excluding carboxylic acids is 1. The maximum absolute atomic E-state index is 12.7. The fourth-order valence-corrected chi connectivity index (χ4v) is 3.83. The Morgan fingerprint density at radius 1 is 0.867 bits per heavy atom. The Balaban J connectivity index is 0.000000172. The van der Waals surface area contributed by atoms with E-state index in [1.165, 1.54) is 46.9 Å². The smallest absolute Gasteiger partial charge is 0.180 e. The summed E-state index contributed by atoms with van der Waals surface area (Å²) in [6, 6.07) is 12.0. The van der Waals surface area contributed by atoms with Gasteiger partial charge in [0.1, 0.15) is 32.8 Å². The molecule has 30 heavy (non-hydrogen) atoms. The van der Waals surface area contributed by atoms with E-state index in [4.69, 9.17) is 0 Å². The van der Waals surface area contributed by atoms with Crippen molar-refractivity contribution in [3.05, 3.63) is 70.2 Å². The Bertz CT molecular complexity index is 1100. The van der Waals surface area contributed by atoms with Crippen molar-refractivity contribution < 1.29 is 18.7 Å². The van der Waals surface area contributed by atoms with Crippen LogP contribution in [0.15, 0.2) is 48.5 Å². The van der Waals surface area contributed by atoms with Crippen LogP contribution in [-0.2, 0) is 0 Å². The molecule has 0 bridgehead atoms. The average Bonchev–Trinajstić information content (AvgIpc) is 3.45. The van der Waals surface area contributed by atoms with Gasteiger partial charge in [0, 0.05) is 11.1 Å². The van der Waals surface area contributed by atoms with Gasteiger partial charge in [0.25, 0.3) is 0 Å². The van der Waals surface area contributed by atoms with E-state index in [-0.39, 0.29) is 11.6 Å². The molecule has 6 nitrogen and oxygen atoms in total. The first-order valence-corrected chi connectivity index (χ1v) is 10.5. The van der Waals surface area contributed by atoms with Crippen molar-refractivity contribution in [2.75, 3.05) is 0 Å². The molecular formula is C20H16F2N4O2S2. The van der Waals surface area contributed by atoms with E-state index in [1.54, 1.807) is 24.3 Å². The highest BCUT2D eigenvalue weighted by Crippen LogP contribution is 2.28. The van der Waals surface area contributed by atoms with Crippen molar-refractivity contribution in [1.29, 1.82) is 0 Å². The summed E-state index contributed by atoms with van der Waals surface area (Å²) in [5.41, 5.74) is 1.57. The number of hydrogen-bond acceptors (Lipinski definition) is 8. The average molecular weight is 447 g/mol. The Morgan fingerprint density at radius 3 is 1.83 bits per heavy atom. The number of hydrogen-bond donors (Lipinski definition) is 1. The van der Waals surface area contributed by atoms with Crippen LogP contribution in [0.3, 0.4) is 0 Å². The van der Waals surface area contributed by atoms with Gasteiger partial charge in [0.05, 0.1) is 0 Å². The van der Waals surface area contributed by atoms with E-state index in [1.807, 2.05) is 6.92 Å². The lowest BCUT2D eigenvalue weighted by molar-refractivity contribution is 0.112. The zero-order valence-corrected chi connectivity index (χ0v) is 17.3. The standard InChI is InChI=1S/C11H11FN2OS.C9H5FN2OS/c1-2-9(15)11-14-13-10(16-11)7-3-5-8(12)6-4-7;10-7-3-1-6(2-4-7)9-12-11-8(5-13)14-9/h3-6,9,15H,2H2,1H3;1-5H. The van der Waals surface area contributed by atoms with Crippen LogP contribution in [0, 0.1) is 11.6 Å². The SMILES string of the molecule is CCC(O)c1nnc(-c2ccc(F)cc2)s1.O=Cc1nnc(-c2ccc(F)cc2)s1. The maximum atomic E-state index is 12.7. The summed E-state index contributed by atoms with van der Waals surface area (Å²) in [5.74, 6) is -0.573. The van der Waals surface area contributed by atoms with Crippen LogP contribution in [0.4, 0.5) is 8.78 Å². The quantitative estimate of drug-likeness (QED) is 0.437. The molecule has 2 heterocycles. The number of rotatable bonds is 5. The van der Waals surface area contributed by atoms with Crippen molar-refractivity contribution >= 4 is 29.0 Å². The molecule has 0 fully saturated rings. The van der Waals surface area contributed by atoms with Gasteiger partial charge in [-0.25, -0.2) is 8.78 Å². The van der Waals surface area contributed by atoms with Crippen LogP contribution in [0.1, 0.15) is 34.3 Å². The largest absolute Gasteiger partial charge is 0.386 e. The Labute approximate surface area is 178 Å². The molecule has 2 aromatic heterocycles. The lowest BCUT2D eigenvalue weighted by Crippen LogP contribution is -1.93. The van der Waals surface area contributed by atoms with Crippen LogP contribution >= 0.6 is 22.7 Å². The predicted octanol–water partition coefficient (Wildman–Crippen LogP) is 4.94. The van der Waals surface area contributed by atoms with Crippen molar-refractivity contribution in [3.63, 3.8) is 0 Å². The lowest BCUT2D eigenvalue weighted by atomic mass is 10.2. The minimum absolute atomic E-state index is 0.276. The third kappa shape index (κ3) is 5.56. The van der Waals surface area contributed by atoms with E-state index in [2.05, 4.69) is 20.4 Å². The first-order chi connectivity index (χ1) is 14.5. The molecule has 154 valence electrons. The molecular weight excluding hydrogens is 430 g/mol. The number of aromatic nitrogens is 4. The van der Waals surface area contributed by atoms with Crippen LogP contribution in [0.25, 0.3) is 21.1 Å². The highest BCUT2D eigenvalue weighted by molar-refractivity contribution is 7.16. The third-order valence-corrected chi connectivity index (χ3v) is 5.81. The van der Waals surface area contributed by atoms with E-state index >= 15 is 0 Å². The van der Waals surface area contributed by atoms with E-state index in [0.717, 1.165) is 11.1 Å². The summed E-state index contributed by atoms with van der Waals surface area (Å²) in [4.78, 5) is 10.4. The molecule has 0 radical (unpaired) electrons. The van der Waals surface area contributed by atoms with Gasteiger partial charge in [-0.2, -0.15) is 0 Å². The van der Waals surface area contributed by atoms with Crippen LogP contribution in [0.2, 0.25) is 0 Å². The summed E-state index contributed by atoms with van der Waals surface area (Å²) >= 11 is 2.51. The van der Waals surface area contributed by atoms with Gasteiger partial charge in [0.15, 0.2) is 11.3 Å². The second kappa shape index (κ2) is 10.2. The minimum Gasteiger partial charge on any atom is -0.386 e. The van der Waals surface area contributed by atoms with Crippen LogP contribution in [-0.4, -0.2) is 31.8 Å². The molecule has 0 aliphatic carbocycles. The summed E-state index contributed by atoms with van der Waals surface area (Å²) in [6.07, 6.45) is 0.689. The number of aliphatic hydroxyl groups is 1. The minimum atomic E-state index is -0.563. The van der Waals surface area contributed by atoms with Gasteiger partial charge < -0.3 is 5.11 Å². The fraction of sp³-hybridized carbons (Fsp3) is 0.150. The fourth-order valence-electron chi connectivity index (χ4n) is 2.24. The molecule has 4 aromatic rings. The Kier molecular flexibility index (Phi) is 7.39. The molecule has 10 heteroatoms. The van der Waals surface area contributed by atoms with Crippen LogP contribution in [0.5, 0.6) is 0 Å². The molecule has 0 saturated carbocycles. The monoisotopic (exact) mass is 446 g/mol. The lowest BCUT2D eigenvalue weighted by Gasteiger charge is -1.99. The Morgan fingerprint density at radius 2 is 1.37 bits per heavy atom. The maximum Gasteiger partial charge on any atom is 0.180 e. The van der Waals surface area contributed by atoms with E-state index < -0.39 is 6.10 Å². The number of nitrogens with zero attached hydrogens (tertiary/aromatic N) is 4. The second-order valence-electron chi connectivity index (χ2n) is 5.95. The zero-order chi connectivity index (χ0) is 21.5. The molecule has 4 rings (SSSR count). The van der Waals surface area contributed by atoms with Gasteiger partial charge in [-0.1, -0.05) is 29.6 Å². The molecule has 1 N–H and O–H groups in total. The molecule has 0 saturated heterocycles. The normalized spacial score (nSPS) is 11.5. The van der Waals surface area contributed by atoms with Crippen molar-refractivity contribution in [2.45, 2.75) is 19.4 Å². The molecule has 0 aliphatic heterocycles. The van der Waals surface area contributed by atoms with E-state index in [0.29, 0.717) is 32.7 Å². The number of carbonyl (C=O) groups is 1. The summed E-state index contributed by atoms with van der Waals surface area (Å²) < 4.78 is 25.3. The van der Waals surface area contributed by atoms with Crippen molar-refractivity contribution in [2.24, 2.45) is 0 Å². The van der Waals surface area contributed by atoms with Gasteiger partial charge >= 0.3 is 0 Å². The van der Waals surface area contributed by atoms with Crippen LogP contribution < -0.4 is 0 Å². The summed E-state index contributed by atoms with van der Waals surface area (Å²) in [7, 11) is 0.